The number of ether oxygens (including phenoxy) is 2. The van der Waals surface area contributed by atoms with E-state index in [9.17, 15) is 5.11 Å². The molecule has 158 valence electrons. The smallest absolute Gasteiger partial charge is 0.191 e. The molecule has 0 amide bonds. The molecular weight excluding hydrogens is 356 g/mol. The molecule has 0 bridgehead atoms. The van der Waals surface area contributed by atoms with Gasteiger partial charge in [0.2, 0.25) is 0 Å². The minimum absolute atomic E-state index is 0.358. The largest absolute Gasteiger partial charge is 0.494 e. The number of guanidine groups is 1. The summed E-state index contributed by atoms with van der Waals surface area (Å²) in [4.78, 5) is 6.80. The van der Waals surface area contributed by atoms with Gasteiger partial charge in [-0.25, -0.2) is 0 Å². The van der Waals surface area contributed by atoms with E-state index < -0.39 is 5.60 Å². The van der Waals surface area contributed by atoms with Crippen molar-refractivity contribution in [3.63, 3.8) is 0 Å². The summed E-state index contributed by atoms with van der Waals surface area (Å²) in [5, 5.41) is 17.2. The number of hydrogen-bond donors (Lipinski definition) is 3. The van der Waals surface area contributed by atoms with Gasteiger partial charge in [-0.2, -0.15) is 0 Å². The molecular formula is C21H36N4O3. The normalized spacial score (nSPS) is 17.8. The second kappa shape index (κ2) is 12.6. The summed E-state index contributed by atoms with van der Waals surface area (Å²) < 4.78 is 11.1. The van der Waals surface area contributed by atoms with Crippen molar-refractivity contribution >= 4 is 5.96 Å². The van der Waals surface area contributed by atoms with Crippen LogP contribution in [-0.2, 0) is 4.74 Å². The summed E-state index contributed by atoms with van der Waals surface area (Å²) in [6.45, 7) is 10.3. The van der Waals surface area contributed by atoms with E-state index in [0.29, 0.717) is 19.7 Å². The van der Waals surface area contributed by atoms with E-state index in [1.54, 1.807) is 0 Å². The number of rotatable bonds is 11. The summed E-state index contributed by atoms with van der Waals surface area (Å²) in [6.07, 6.45) is 1.96. The SMILES string of the molecule is CCNC(=NCC(C)(O)CN1CCOCC1)NCCCCOc1ccccc1. The van der Waals surface area contributed by atoms with Crippen molar-refractivity contribution in [2.45, 2.75) is 32.3 Å². The van der Waals surface area contributed by atoms with Gasteiger partial charge in [0.1, 0.15) is 5.75 Å². The van der Waals surface area contributed by atoms with Crippen molar-refractivity contribution in [1.29, 1.82) is 0 Å². The van der Waals surface area contributed by atoms with Crippen LogP contribution in [0.5, 0.6) is 5.75 Å². The molecule has 0 radical (unpaired) electrons. The Morgan fingerprint density at radius 2 is 1.96 bits per heavy atom. The van der Waals surface area contributed by atoms with E-state index in [2.05, 4.69) is 20.5 Å². The van der Waals surface area contributed by atoms with Crippen molar-refractivity contribution in [3.05, 3.63) is 30.3 Å². The van der Waals surface area contributed by atoms with Gasteiger partial charge in [0, 0.05) is 32.7 Å². The average Bonchev–Trinajstić information content (AvgIpc) is 2.70. The summed E-state index contributed by atoms with van der Waals surface area (Å²) in [7, 11) is 0. The summed E-state index contributed by atoms with van der Waals surface area (Å²) in [6, 6.07) is 9.87. The topological polar surface area (TPSA) is 78.4 Å². The van der Waals surface area contributed by atoms with Gasteiger partial charge in [0.05, 0.1) is 32.0 Å². The summed E-state index contributed by atoms with van der Waals surface area (Å²) >= 11 is 0. The van der Waals surface area contributed by atoms with Crippen molar-refractivity contribution in [2.24, 2.45) is 4.99 Å². The molecule has 0 spiro atoms. The quantitative estimate of drug-likeness (QED) is 0.301. The minimum Gasteiger partial charge on any atom is -0.494 e. The molecule has 0 aliphatic carbocycles. The first kappa shape index (κ1) is 22.5. The van der Waals surface area contributed by atoms with E-state index in [0.717, 1.165) is 63.9 Å². The van der Waals surface area contributed by atoms with Crippen LogP contribution in [-0.4, -0.2) is 80.7 Å². The highest BCUT2D eigenvalue weighted by Gasteiger charge is 2.25. The van der Waals surface area contributed by atoms with Crippen LogP contribution in [0.4, 0.5) is 0 Å². The number of β-amino-alcohol motifs (C(OH)–C–C–N with tert-alkyl or cyclic N) is 1. The Balaban J connectivity index is 1.66. The molecule has 1 unspecified atom stereocenters. The van der Waals surface area contributed by atoms with Gasteiger partial charge in [-0.1, -0.05) is 18.2 Å². The Bertz CT molecular complexity index is 560. The first-order chi connectivity index (χ1) is 13.6. The molecule has 1 aromatic rings. The lowest BCUT2D eigenvalue weighted by molar-refractivity contribution is -0.0179. The fraction of sp³-hybridized carbons (Fsp3) is 0.667. The number of hydrogen-bond acceptors (Lipinski definition) is 5. The van der Waals surface area contributed by atoms with Gasteiger partial charge < -0.3 is 25.2 Å². The molecule has 7 nitrogen and oxygen atoms in total. The second-order valence-corrected chi connectivity index (χ2v) is 7.38. The molecule has 2 rings (SSSR count). The summed E-state index contributed by atoms with van der Waals surface area (Å²) in [5.41, 5.74) is -0.858. The number of unbranched alkanes of at least 4 members (excludes halogenated alkanes) is 1. The molecule has 0 saturated carbocycles. The summed E-state index contributed by atoms with van der Waals surface area (Å²) in [5.74, 6) is 1.65. The zero-order valence-corrected chi connectivity index (χ0v) is 17.3. The van der Waals surface area contributed by atoms with Crippen LogP contribution in [0.1, 0.15) is 26.7 Å². The van der Waals surface area contributed by atoms with Crippen molar-refractivity contribution in [3.8, 4) is 5.75 Å². The van der Waals surface area contributed by atoms with Crippen LogP contribution in [0.3, 0.4) is 0 Å². The van der Waals surface area contributed by atoms with Gasteiger partial charge in [-0.3, -0.25) is 9.89 Å². The number of benzene rings is 1. The standard InChI is InChI=1S/C21H36N4O3/c1-3-22-20(23-11-7-8-14-28-19-9-5-4-6-10-19)24-17-21(2,26)18-25-12-15-27-16-13-25/h4-6,9-10,26H,3,7-8,11-18H2,1-2H3,(H2,22,23,24). The van der Waals surface area contributed by atoms with Crippen LogP contribution >= 0.6 is 0 Å². The van der Waals surface area contributed by atoms with Crippen LogP contribution in [0.2, 0.25) is 0 Å². The van der Waals surface area contributed by atoms with E-state index in [1.807, 2.05) is 44.2 Å². The highest BCUT2D eigenvalue weighted by molar-refractivity contribution is 5.79. The third kappa shape index (κ3) is 9.39. The lowest BCUT2D eigenvalue weighted by Crippen LogP contribution is -2.48. The van der Waals surface area contributed by atoms with E-state index in [4.69, 9.17) is 9.47 Å². The molecule has 1 aliphatic rings. The van der Waals surface area contributed by atoms with Crippen molar-refractivity contribution in [2.75, 3.05) is 59.1 Å². The molecule has 1 fully saturated rings. The highest BCUT2D eigenvalue weighted by atomic mass is 16.5. The lowest BCUT2D eigenvalue weighted by Gasteiger charge is -2.33. The van der Waals surface area contributed by atoms with Crippen LogP contribution < -0.4 is 15.4 Å². The number of para-hydroxylation sites is 1. The van der Waals surface area contributed by atoms with Crippen molar-refractivity contribution in [1.82, 2.24) is 15.5 Å². The fourth-order valence-electron chi connectivity index (χ4n) is 3.02. The van der Waals surface area contributed by atoms with Gasteiger partial charge in [0.15, 0.2) is 5.96 Å². The number of nitrogens with zero attached hydrogens (tertiary/aromatic N) is 2. The minimum atomic E-state index is -0.858. The van der Waals surface area contributed by atoms with E-state index in [-0.39, 0.29) is 0 Å². The van der Waals surface area contributed by atoms with Gasteiger partial charge in [-0.05, 0) is 38.8 Å². The molecule has 1 aliphatic heterocycles. The third-order valence-electron chi connectivity index (χ3n) is 4.47. The Morgan fingerprint density at radius 3 is 2.68 bits per heavy atom. The third-order valence-corrected chi connectivity index (χ3v) is 4.47. The van der Waals surface area contributed by atoms with Crippen LogP contribution in [0.25, 0.3) is 0 Å². The molecule has 1 aromatic carbocycles. The Hall–Kier alpha value is -1.83. The maximum atomic E-state index is 10.7. The zero-order valence-electron chi connectivity index (χ0n) is 17.3. The van der Waals surface area contributed by atoms with Gasteiger partial charge >= 0.3 is 0 Å². The fourth-order valence-corrected chi connectivity index (χ4v) is 3.02. The van der Waals surface area contributed by atoms with Gasteiger partial charge in [0.25, 0.3) is 0 Å². The van der Waals surface area contributed by atoms with E-state index in [1.165, 1.54) is 0 Å². The molecule has 1 saturated heterocycles. The first-order valence-electron chi connectivity index (χ1n) is 10.3. The number of aliphatic imine (C=N–C) groups is 1. The number of aliphatic hydroxyl groups is 1. The molecule has 1 heterocycles. The highest BCUT2D eigenvalue weighted by Crippen LogP contribution is 2.10. The van der Waals surface area contributed by atoms with E-state index >= 15 is 0 Å². The molecule has 0 aromatic heterocycles. The molecule has 1 atom stereocenters. The monoisotopic (exact) mass is 392 g/mol. The molecule has 7 heteroatoms. The second-order valence-electron chi connectivity index (χ2n) is 7.38. The predicted molar refractivity (Wildman–Crippen MR) is 113 cm³/mol. The first-order valence-corrected chi connectivity index (χ1v) is 10.3. The predicted octanol–water partition coefficient (Wildman–Crippen LogP) is 1.48. The van der Waals surface area contributed by atoms with Crippen LogP contribution in [0, 0.1) is 0 Å². The Kier molecular flexibility index (Phi) is 10.1. The number of morpholine rings is 1. The maximum absolute atomic E-state index is 10.7. The Labute approximate surface area is 169 Å². The molecule has 28 heavy (non-hydrogen) atoms. The van der Waals surface area contributed by atoms with Gasteiger partial charge in [-0.15, -0.1) is 0 Å². The molecule has 3 N–H and O–H groups in total. The maximum Gasteiger partial charge on any atom is 0.191 e. The number of nitrogens with one attached hydrogen (secondary N) is 2. The zero-order chi connectivity index (χ0) is 20.1. The Morgan fingerprint density at radius 1 is 1.21 bits per heavy atom. The average molecular weight is 393 g/mol. The lowest BCUT2D eigenvalue weighted by atomic mass is 10.1. The van der Waals surface area contributed by atoms with Crippen molar-refractivity contribution < 1.29 is 14.6 Å². The van der Waals surface area contributed by atoms with Crippen LogP contribution in [0.15, 0.2) is 35.3 Å².